The average molecular weight is 565 g/mol. The van der Waals surface area contributed by atoms with Crippen LogP contribution < -0.4 is 29.1 Å². The summed E-state index contributed by atoms with van der Waals surface area (Å²) in [6, 6.07) is 12.2. The van der Waals surface area contributed by atoms with Crippen molar-refractivity contribution in [3.05, 3.63) is 84.5 Å². The monoisotopic (exact) mass is 564 g/mol. The summed E-state index contributed by atoms with van der Waals surface area (Å²) in [4.78, 5) is 32.3. The number of benzene rings is 2. The van der Waals surface area contributed by atoms with Gasteiger partial charge in [0.25, 0.3) is 5.56 Å². The van der Waals surface area contributed by atoms with Crippen LogP contribution in [0.5, 0.6) is 17.2 Å². The normalized spacial score (nSPS) is 15.2. The molecule has 212 valence electrons. The Morgan fingerprint density at radius 3 is 2.40 bits per heavy atom. The van der Waals surface area contributed by atoms with Gasteiger partial charge in [-0.3, -0.25) is 9.36 Å². The van der Waals surface area contributed by atoms with Gasteiger partial charge in [0.1, 0.15) is 5.75 Å². The summed E-state index contributed by atoms with van der Waals surface area (Å²) >= 11 is 1.27. The maximum atomic E-state index is 13.9. The van der Waals surface area contributed by atoms with Crippen molar-refractivity contribution < 1.29 is 23.7 Å². The molecule has 2 aromatic carbocycles. The first-order valence-electron chi connectivity index (χ1n) is 13.3. The van der Waals surface area contributed by atoms with Gasteiger partial charge in [0.2, 0.25) is 0 Å². The maximum Gasteiger partial charge on any atom is 0.338 e. The van der Waals surface area contributed by atoms with Crippen molar-refractivity contribution in [3.63, 3.8) is 0 Å². The molecule has 2 heterocycles. The first-order valence-corrected chi connectivity index (χ1v) is 14.1. The third-order valence-electron chi connectivity index (χ3n) is 6.45. The maximum absolute atomic E-state index is 13.9. The number of thiazole rings is 1. The van der Waals surface area contributed by atoms with Crippen LogP contribution in [0.2, 0.25) is 0 Å². The van der Waals surface area contributed by atoms with E-state index >= 15 is 0 Å². The minimum atomic E-state index is -0.693. The Morgan fingerprint density at radius 1 is 1.05 bits per heavy atom. The van der Waals surface area contributed by atoms with Crippen molar-refractivity contribution in [2.45, 2.75) is 53.2 Å². The number of methoxy groups -OCH3 is 2. The first-order chi connectivity index (χ1) is 19.1. The van der Waals surface area contributed by atoms with E-state index in [4.69, 9.17) is 18.9 Å². The van der Waals surface area contributed by atoms with Crippen molar-refractivity contribution in [3.8, 4) is 17.2 Å². The second-order valence-electron chi connectivity index (χ2n) is 10.3. The Bertz CT molecular complexity index is 1580. The van der Waals surface area contributed by atoms with Crippen LogP contribution in [0.1, 0.15) is 58.2 Å². The van der Waals surface area contributed by atoms with Crippen LogP contribution in [-0.4, -0.2) is 37.5 Å². The molecule has 1 aromatic heterocycles. The van der Waals surface area contributed by atoms with E-state index in [0.717, 1.165) is 17.5 Å². The first kappa shape index (κ1) is 29.1. The van der Waals surface area contributed by atoms with Crippen LogP contribution in [0.3, 0.4) is 0 Å². The number of esters is 1. The fraction of sp³-hybridized carbons (Fsp3) is 0.387. The zero-order chi connectivity index (χ0) is 29.0. The predicted octanol–water partition coefficient (Wildman–Crippen LogP) is 4.63. The molecule has 9 heteroatoms. The zero-order valence-corrected chi connectivity index (χ0v) is 24.8. The molecule has 0 amide bonds. The van der Waals surface area contributed by atoms with E-state index < -0.39 is 12.0 Å². The van der Waals surface area contributed by atoms with Gasteiger partial charge in [-0.15, -0.1) is 0 Å². The lowest BCUT2D eigenvalue weighted by atomic mass is 9.96. The summed E-state index contributed by atoms with van der Waals surface area (Å²) in [5.74, 6) is 1.97. The van der Waals surface area contributed by atoms with Crippen LogP contribution in [0.15, 0.2) is 63.5 Å². The van der Waals surface area contributed by atoms with Crippen molar-refractivity contribution >= 4 is 23.4 Å². The SMILES string of the molecule is COc1ccc([C@@H]2C(C(=O)OC(C)C)=C(C)N=c3s/c(=C\c4ccc(OCCC(C)C)c(OC)c4)c(=O)n32)cc1. The lowest BCUT2D eigenvalue weighted by Gasteiger charge is -2.25. The number of aromatic nitrogens is 1. The predicted molar refractivity (Wildman–Crippen MR) is 156 cm³/mol. The van der Waals surface area contributed by atoms with E-state index in [1.807, 2.05) is 42.5 Å². The number of hydrogen-bond donors (Lipinski definition) is 0. The highest BCUT2D eigenvalue weighted by atomic mass is 32.1. The number of carbonyl (C=O) groups is 1. The van der Waals surface area contributed by atoms with Crippen LogP contribution in [-0.2, 0) is 9.53 Å². The van der Waals surface area contributed by atoms with E-state index in [1.165, 1.54) is 11.3 Å². The Kier molecular flexibility index (Phi) is 9.14. The number of allylic oxidation sites excluding steroid dienone is 1. The molecular weight excluding hydrogens is 528 g/mol. The third kappa shape index (κ3) is 6.31. The van der Waals surface area contributed by atoms with E-state index in [-0.39, 0.29) is 11.7 Å². The molecule has 0 saturated heterocycles. The second-order valence-corrected chi connectivity index (χ2v) is 11.3. The van der Waals surface area contributed by atoms with Crippen molar-refractivity contribution in [1.82, 2.24) is 4.57 Å². The number of carbonyl (C=O) groups excluding carboxylic acids is 1. The second kappa shape index (κ2) is 12.6. The molecule has 0 unspecified atom stereocenters. The molecule has 3 aromatic rings. The molecule has 0 N–H and O–H groups in total. The van der Waals surface area contributed by atoms with E-state index in [2.05, 4.69) is 18.8 Å². The van der Waals surface area contributed by atoms with E-state index in [9.17, 15) is 9.59 Å². The van der Waals surface area contributed by atoms with Crippen molar-refractivity contribution in [2.24, 2.45) is 10.9 Å². The number of hydrogen-bond acceptors (Lipinski definition) is 8. The molecule has 0 bridgehead atoms. The number of ether oxygens (including phenoxy) is 4. The largest absolute Gasteiger partial charge is 0.497 e. The Balaban J connectivity index is 1.80. The number of nitrogens with zero attached hydrogens (tertiary/aromatic N) is 2. The molecule has 1 aliphatic heterocycles. The lowest BCUT2D eigenvalue weighted by molar-refractivity contribution is -0.143. The smallest absolute Gasteiger partial charge is 0.338 e. The van der Waals surface area contributed by atoms with Crippen LogP contribution >= 0.6 is 11.3 Å². The molecular formula is C31H36N2O6S. The summed E-state index contributed by atoms with van der Waals surface area (Å²) < 4.78 is 24.4. The van der Waals surface area contributed by atoms with E-state index in [1.54, 1.807) is 45.6 Å². The Morgan fingerprint density at radius 2 is 1.77 bits per heavy atom. The highest BCUT2D eigenvalue weighted by molar-refractivity contribution is 7.07. The topological polar surface area (TPSA) is 88.4 Å². The fourth-order valence-corrected chi connectivity index (χ4v) is 5.46. The fourth-order valence-electron chi connectivity index (χ4n) is 4.41. The van der Waals surface area contributed by atoms with Gasteiger partial charge in [-0.05, 0) is 74.6 Å². The standard InChI is InChI=1S/C31H36N2O6S/c1-18(2)14-15-38-24-13-8-21(16-25(24)37-7)17-26-29(34)33-28(22-9-11-23(36-6)12-10-22)27(30(35)39-19(3)4)20(5)32-31(33)40-26/h8-13,16-19,28H,14-15H2,1-7H3/b26-17-/t28-/m1/s1. The van der Waals surface area contributed by atoms with Crippen LogP contribution in [0.4, 0.5) is 0 Å². The van der Waals surface area contributed by atoms with Gasteiger partial charge >= 0.3 is 5.97 Å². The summed E-state index contributed by atoms with van der Waals surface area (Å²) in [6.07, 6.45) is 2.43. The molecule has 1 atom stereocenters. The van der Waals surface area contributed by atoms with Gasteiger partial charge in [0.15, 0.2) is 16.3 Å². The highest BCUT2D eigenvalue weighted by Crippen LogP contribution is 2.32. The molecule has 4 rings (SSSR count). The van der Waals surface area contributed by atoms with Gasteiger partial charge in [0, 0.05) is 0 Å². The molecule has 0 spiro atoms. The van der Waals surface area contributed by atoms with Gasteiger partial charge in [-0.1, -0.05) is 43.4 Å². The number of fused-ring (bicyclic) bond motifs is 1. The molecule has 40 heavy (non-hydrogen) atoms. The summed E-state index contributed by atoms with van der Waals surface area (Å²) in [6.45, 7) is 10.2. The van der Waals surface area contributed by atoms with Crippen LogP contribution in [0.25, 0.3) is 6.08 Å². The minimum absolute atomic E-state index is 0.247. The van der Waals surface area contributed by atoms with Crippen LogP contribution in [0, 0.1) is 5.92 Å². The molecule has 8 nitrogen and oxygen atoms in total. The molecule has 0 radical (unpaired) electrons. The van der Waals surface area contributed by atoms with E-state index in [0.29, 0.717) is 50.4 Å². The Labute approximate surface area is 238 Å². The van der Waals surface area contributed by atoms with Gasteiger partial charge in [-0.2, -0.15) is 0 Å². The zero-order valence-electron chi connectivity index (χ0n) is 24.0. The third-order valence-corrected chi connectivity index (χ3v) is 7.44. The molecule has 0 fully saturated rings. The summed E-state index contributed by atoms with van der Waals surface area (Å²) in [7, 11) is 3.19. The molecule has 0 saturated carbocycles. The molecule has 1 aliphatic rings. The van der Waals surface area contributed by atoms with Gasteiger partial charge in [0.05, 0.1) is 48.8 Å². The van der Waals surface area contributed by atoms with Gasteiger partial charge < -0.3 is 18.9 Å². The minimum Gasteiger partial charge on any atom is -0.497 e. The lowest BCUT2D eigenvalue weighted by Crippen LogP contribution is -2.40. The summed E-state index contributed by atoms with van der Waals surface area (Å²) in [5, 5.41) is 0. The van der Waals surface area contributed by atoms with Crippen molar-refractivity contribution in [1.29, 1.82) is 0 Å². The summed E-state index contributed by atoms with van der Waals surface area (Å²) in [5.41, 5.74) is 2.15. The van der Waals surface area contributed by atoms with Gasteiger partial charge in [-0.25, -0.2) is 9.79 Å². The Hall–Kier alpha value is -3.85. The highest BCUT2D eigenvalue weighted by Gasteiger charge is 2.33. The average Bonchev–Trinajstić information content (AvgIpc) is 3.21. The van der Waals surface area contributed by atoms with Crippen molar-refractivity contribution in [2.75, 3.05) is 20.8 Å². The molecule has 0 aliphatic carbocycles. The number of rotatable bonds is 10. The quantitative estimate of drug-likeness (QED) is 0.334.